The van der Waals surface area contributed by atoms with Crippen LogP contribution in [0.25, 0.3) is 0 Å². The zero-order valence-corrected chi connectivity index (χ0v) is 17.7. The van der Waals surface area contributed by atoms with Crippen LogP contribution in [0.15, 0.2) is 59.6 Å². The van der Waals surface area contributed by atoms with Crippen molar-refractivity contribution in [1.29, 1.82) is 5.26 Å². The molecule has 3 rings (SSSR count). The number of benzene rings is 2. The van der Waals surface area contributed by atoms with Crippen molar-refractivity contribution in [2.24, 2.45) is 16.8 Å². The summed E-state index contributed by atoms with van der Waals surface area (Å²) in [6.07, 6.45) is 1.80. The number of halogens is 1. The number of aliphatic imine (C=N–C) groups is 1. The second-order valence-corrected chi connectivity index (χ2v) is 7.92. The van der Waals surface area contributed by atoms with Crippen LogP contribution in [0.5, 0.6) is 0 Å². The lowest BCUT2D eigenvalue weighted by Gasteiger charge is -2.43. The van der Waals surface area contributed by atoms with E-state index in [0.29, 0.717) is 15.6 Å². The Morgan fingerprint density at radius 2 is 1.93 bits per heavy atom. The Labute approximate surface area is 179 Å². The van der Waals surface area contributed by atoms with Crippen molar-refractivity contribution in [3.63, 3.8) is 0 Å². The summed E-state index contributed by atoms with van der Waals surface area (Å²) in [5.74, 6) is -3.04. The monoisotopic (exact) mass is 428 g/mol. The van der Waals surface area contributed by atoms with Gasteiger partial charge >= 0.3 is 5.97 Å². The zero-order chi connectivity index (χ0) is 21.0. The molecular formula is C22H21ClN2O3S. The van der Waals surface area contributed by atoms with Crippen LogP contribution in [0, 0.1) is 23.2 Å². The quantitative estimate of drug-likeness (QED) is 0.731. The first-order valence-electron chi connectivity index (χ1n) is 9.19. The molecule has 4 unspecified atom stereocenters. The molecule has 0 bridgehead atoms. The fraction of sp³-hybridized carbons (Fsp3) is 0.318. The molecule has 4 atom stereocenters. The molecule has 1 N–H and O–H groups in total. The number of hydrogen-bond acceptors (Lipinski definition) is 6. The molecule has 1 aliphatic heterocycles. The highest BCUT2D eigenvalue weighted by molar-refractivity contribution is 8.13. The minimum atomic E-state index is -1.86. The number of nitriles is 1. The van der Waals surface area contributed by atoms with Gasteiger partial charge in [-0.3, -0.25) is 4.79 Å². The SMILES string of the molecule is CCOC(=O)C1C(c2ccc(Cl)cc2)C(C#N)C(SC)=NC1(O)c1ccccc1. The molecule has 0 saturated heterocycles. The molecule has 0 amide bonds. The Bertz CT molecular complexity index is 943. The number of hydrogen-bond donors (Lipinski definition) is 1. The van der Waals surface area contributed by atoms with Crippen LogP contribution in [-0.4, -0.2) is 29.0 Å². The molecule has 7 heteroatoms. The lowest BCUT2D eigenvalue weighted by atomic mass is 9.69. The molecule has 2 aromatic carbocycles. The summed E-state index contributed by atoms with van der Waals surface area (Å²) in [6, 6.07) is 18.1. The number of carbonyl (C=O) groups is 1. The van der Waals surface area contributed by atoms with Gasteiger partial charge in [-0.05, 0) is 30.9 Å². The van der Waals surface area contributed by atoms with Crippen LogP contribution in [0.3, 0.4) is 0 Å². The molecule has 0 aliphatic carbocycles. The van der Waals surface area contributed by atoms with Crippen molar-refractivity contribution >= 4 is 34.4 Å². The number of aliphatic hydroxyl groups is 1. The molecule has 150 valence electrons. The molecule has 0 radical (unpaired) electrons. The van der Waals surface area contributed by atoms with E-state index in [1.807, 2.05) is 6.07 Å². The summed E-state index contributed by atoms with van der Waals surface area (Å²) >= 11 is 7.34. The summed E-state index contributed by atoms with van der Waals surface area (Å²) in [6.45, 7) is 1.86. The highest BCUT2D eigenvalue weighted by Gasteiger charge is 2.55. The third kappa shape index (κ3) is 4.04. The first-order valence-corrected chi connectivity index (χ1v) is 10.8. The summed E-state index contributed by atoms with van der Waals surface area (Å²) < 4.78 is 5.33. The molecule has 0 spiro atoms. The molecule has 2 aromatic rings. The fourth-order valence-electron chi connectivity index (χ4n) is 3.75. The van der Waals surface area contributed by atoms with Crippen molar-refractivity contribution in [3.8, 4) is 6.07 Å². The second-order valence-electron chi connectivity index (χ2n) is 6.66. The van der Waals surface area contributed by atoms with Crippen molar-refractivity contribution in [3.05, 3.63) is 70.7 Å². The summed E-state index contributed by atoms with van der Waals surface area (Å²) in [4.78, 5) is 17.6. The topological polar surface area (TPSA) is 82.7 Å². The minimum absolute atomic E-state index is 0.157. The van der Waals surface area contributed by atoms with Gasteiger partial charge in [0, 0.05) is 16.5 Å². The van der Waals surface area contributed by atoms with Crippen molar-refractivity contribution < 1.29 is 14.6 Å². The Balaban J connectivity index is 2.28. The number of esters is 1. The Morgan fingerprint density at radius 1 is 1.28 bits per heavy atom. The van der Waals surface area contributed by atoms with Gasteiger partial charge in [0.25, 0.3) is 0 Å². The van der Waals surface area contributed by atoms with E-state index in [-0.39, 0.29) is 6.61 Å². The highest BCUT2D eigenvalue weighted by atomic mass is 35.5. The minimum Gasteiger partial charge on any atom is -0.466 e. The molecule has 5 nitrogen and oxygen atoms in total. The lowest BCUT2D eigenvalue weighted by molar-refractivity contribution is -0.162. The fourth-order valence-corrected chi connectivity index (χ4v) is 4.56. The number of carbonyl (C=O) groups excluding carboxylic acids is 1. The van der Waals surface area contributed by atoms with Gasteiger partial charge in [0.1, 0.15) is 11.8 Å². The van der Waals surface area contributed by atoms with Crippen molar-refractivity contribution in [2.45, 2.75) is 18.6 Å². The normalized spacial score (nSPS) is 26.3. The maximum Gasteiger partial charge on any atom is 0.314 e. The van der Waals surface area contributed by atoms with Crippen LogP contribution in [0.2, 0.25) is 5.02 Å². The average Bonchev–Trinajstić information content (AvgIpc) is 2.74. The molecule has 1 heterocycles. The molecule has 1 aliphatic rings. The maximum absolute atomic E-state index is 13.1. The lowest BCUT2D eigenvalue weighted by Crippen LogP contribution is -2.49. The van der Waals surface area contributed by atoms with Gasteiger partial charge in [0.2, 0.25) is 0 Å². The van der Waals surface area contributed by atoms with Gasteiger partial charge in [-0.15, -0.1) is 11.8 Å². The van der Waals surface area contributed by atoms with Gasteiger partial charge in [0.05, 0.1) is 17.7 Å². The van der Waals surface area contributed by atoms with E-state index in [4.69, 9.17) is 16.3 Å². The predicted molar refractivity (Wildman–Crippen MR) is 115 cm³/mol. The molecule has 29 heavy (non-hydrogen) atoms. The maximum atomic E-state index is 13.1. The third-order valence-corrected chi connectivity index (χ3v) is 6.06. The molecular weight excluding hydrogens is 408 g/mol. The van der Waals surface area contributed by atoms with Gasteiger partial charge in [-0.25, -0.2) is 4.99 Å². The van der Waals surface area contributed by atoms with Gasteiger partial charge < -0.3 is 9.84 Å². The standard InChI is InChI=1S/C22H21ClN2O3S/c1-3-28-21(26)19-18(14-9-11-16(23)12-10-14)17(13-24)20(29-2)25-22(19,27)15-7-5-4-6-8-15/h4-12,17-19,27H,3H2,1-2H3. The van der Waals surface area contributed by atoms with Crippen LogP contribution in [-0.2, 0) is 15.3 Å². The van der Waals surface area contributed by atoms with E-state index in [2.05, 4.69) is 11.1 Å². The second kappa shape index (κ2) is 9.00. The average molecular weight is 429 g/mol. The van der Waals surface area contributed by atoms with E-state index in [9.17, 15) is 15.2 Å². The zero-order valence-electron chi connectivity index (χ0n) is 16.1. The third-order valence-electron chi connectivity index (χ3n) is 5.04. The number of thioether (sulfide) groups is 1. The van der Waals surface area contributed by atoms with Gasteiger partial charge in [-0.1, -0.05) is 54.1 Å². The van der Waals surface area contributed by atoms with E-state index in [1.165, 1.54) is 11.8 Å². The smallest absolute Gasteiger partial charge is 0.314 e. The largest absolute Gasteiger partial charge is 0.466 e. The number of ether oxygens (including phenoxy) is 1. The van der Waals surface area contributed by atoms with Crippen LogP contribution in [0.4, 0.5) is 0 Å². The highest BCUT2D eigenvalue weighted by Crippen LogP contribution is 2.50. The predicted octanol–water partition coefficient (Wildman–Crippen LogP) is 4.36. The number of rotatable bonds is 4. The van der Waals surface area contributed by atoms with Crippen molar-refractivity contribution in [1.82, 2.24) is 0 Å². The first kappa shape index (κ1) is 21.4. The molecule has 0 saturated carbocycles. The first-order chi connectivity index (χ1) is 14.0. The molecule has 0 fully saturated rings. The van der Waals surface area contributed by atoms with E-state index in [1.54, 1.807) is 61.7 Å². The van der Waals surface area contributed by atoms with Crippen LogP contribution in [0.1, 0.15) is 24.0 Å². The van der Waals surface area contributed by atoms with Gasteiger partial charge in [0.15, 0.2) is 5.72 Å². The van der Waals surface area contributed by atoms with Crippen LogP contribution >= 0.6 is 23.4 Å². The summed E-state index contributed by atoms with van der Waals surface area (Å²) in [5, 5.41) is 22.7. The Kier molecular flexibility index (Phi) is 6.63. The van der Waals surface area contributed by atoms with Crippen molar-refractivity contribution in [2.75, 3.05) is 12.9 Å². The Morgan fingerprint density at radius 3 is 2.48 bits per heavy atom. The summed E-state index contributed by atoms with van der Waals surface area (Å²) in [7, 11) is 0. The van der Waals surface area contributed by atoms with E-state index < -0.39 is 29.4 Å². The number of nitrogens with zero attached hydrogens (tertiary/aromatic N) is 2. The van der Waals surface area contributed by atoms with Crippen LogP contribution < -0.4 is 0 Å². The van der Waals surface area contributed by atoms with E-state index >= 15 is 0 Å². The molecule has 0 aromatic heterocycles. The Hall–Kier alpha value is -2.33. The van der Waals surface area contributed by atoms with E-state index in [0.717, 1.165) is 5.56 Å². The van der Waals surface area contributed by atoms with Gasteiger partial charge in [-0.2, -0.15) is 5.26 Å². The summed E-state index contributed by atoms with van der Waals surface area (Å²) in [5.41, 5.74) is -0.668.